The standard InChI is InChI=1S/C13H24N4/c1-5-7-14-8-12-9-15-10-13(16-12)17(4)11(3)6-2/h9-11,14H,5-8H2,1-4H3. The van der Waals surface area contributed by atoms with Gasteiger partial charge in [0.1, 0.15) is 5.82 Å². The third-order valence-corrected chi connectivity index (χ3v) is 3.02. The van der Waals surface area contributed by atoms with Crippen LogP contribution in [0.3, 0.4) is 0 Å². The van der Waals surface area contributed by atoms with E-state index in [1.165, 1.54) is 0 Å². The molecule has 0 saturated carbocycles. The van der Waals surface area contributed by atoms with Crippen molar-refractivity contribution in [3.05, 3.63) is 18.1 Å². The molecular weight excluding hydrogens is 212 g/mol. The van der Waals surface area contributed by atoms with Gasteiger partial charge in [-0.25, -0.2) is 4.98 Å². The number of hydrogen-bond donors (Lipinski definition) is 1. The maximum absolute atomic E-state index is 4.61. The van der Waals surface area contributed by atoms with Crippen molar-refractivity contribution < 1.29 is 0 Å². The molecule has 0 fully saturated rings. The first-order chi connectivity index (χ1) is 8.19. The summed E-state index contributed by atoms with van der Waals surface area (Å²) in [5.41, 5.74) is 1.01. The van der Waals surface area contributed by atoms with Crippen LogP contribution in [0, 0.1) is 0 Å². The van der Waals surface area contributed by atoms with Gasteiger partial charge in [0, 0.05) is 25.8 Å². The van der Waals surface area contributed by atoms with Crippen LogP contribution in [0.1, 0.15) is 39.3 Å². The normalized spacial score (nSPS) is 12.5. The Morgan fingerprint density at radius 2 is 2.12 bits per heavy atom. The Morgan fingerprint density at radius 3 is 2.76 bits per heavy atom. The monoisotopic (exact) mass is 236 g/mol. The molecule has 1 unspecified atom stereocenters. The number of hydrogen-bond acceptors (Lipinski definition) is 4. The predicted octanol–water partition coefficient (Wildman–Crippen LogP) is 2.21. The second kappa shape index (κ2) is 7.22. The molecule has 96 valence electrons. The summed E-state index contributed by atoms with van der Waals surface area (Å²) < 4.78 is 0. The van der Waals surface area contributed by atoms with E-state index in [1.807, 2.05) is 12.4 Å². The van der Waals surface area contributed by atoms with Crippen LogP contribution in [-0.4, -0.2) is 29.6 Å². The second-order valence-electron chi connectivity index (χ2n) is 4.41. The summed E-state index contributed by atoms with van der Waals surface area (Å²) in [6.07, 6.45) is 5.91. The minimum absolute atomic E-state index is 0.489. The van der Waals surface area contributed by atoms with E-state index in [1.54, 1.807) is 0 Å². The fraction of sp³-hybridized carbons (Fsp3) is 0.692. The summed E-state index contributed by atoms with van der Waals surface area (Å²) in [6, 6.07) is 0.489. The highest BCUT2D eigenvalue weighted by Gasteiger charge is 2.09. The molecule has 1 aromatic heterocycles. The van der Waals surface area contributed by atoms with Crippen LogP contribution in [0.2, 0.25) is 0 Å². The van der Waals surface area contributed by atoms with Crippen LogP contribution in [-0.2, 0) is 6.54 Å². The topological polar surface area (TPSA) is 41.1 Å². The van der Waals surface area contributed by atoms with Gasteiger partial charge in [-0.1, -0.05) is 13.8 Å². The predicted molar refractivity (Wildman–Crippen MR) is 72.2 cm³/mol. The van der Waals surface area contributed by atoms with Crippen molar-refractivity contribution in [3.63, 3.8) is 0 Å². The summed E-state index contributed by atoms with van der Waals surface area (Å²) in [6.45, 7) is 8.35. The number of anilines is 1. The molecule has 0 amide bonds. The lowest BCUT2D eigenvalue weighted by atomic mass is 10.2. The van der Waals surface area contributed by atoms with Crippen LogP contribution in [0.25, 0.3) is 0 Å². The molecule has 1 atom stereocenters. The molecule has 0 saturated heterocycles. The van der Waals surface area contributed by atoms with Crippen molar-refractivity contribution in [2.24, 2.45) is 0 Å². The lowest BCUT2D eigenvalue weighted by Crippen LogP contribution is -2.29. The molecule has 1 rings (SSSR count). The van der Waals surface area contributed by atoms with Gasteiger partial charge in [0.2, 0.25) is 0 Å². The molecule has 0 aromatic carbocycles. The van der Waals surface area contributed by atoms with Crippen molar-refractivity contribution in [1.82, 2.24) is 15.3 Å². The van der Waals surface area contributed by atoms with Crippen molar-refractivity contribution in [1.29, 1.82) is 0 Å². The van der Waals surface area contributed by atoms with E-state index >= 15 is 0 Å². The zero-order valence-electron chi connectivity index (χ0n) is 11.4. The van der Waals surface area contributed by atoms with Gasteiger partial charge in [-0.3, -0.25) is 4.98 Å². The Bertz CT molecular complexity index is 327. The minimum Gasteiger partial charge on any atom is -0.356 e. The quantitative estimate of drug-likeness (QED) is 0.737. The largest absolute Gasteiger partial charge is 0.356 e. The Labute approximate surface area is 104 Å². The summed E-state index contributed by atoms with van der Waals surface area (Å²) in [4.78, 5) is 11.0. The highest BCUT2D eigenvalue weighted by atomic mass is 15.2. The molecule has 0 aliphatic heterocycles. The molecule has 17 heavy (non-hydrogen) atoms. The van der Waals surface area contributed by atoms with E-state index in [9.17, 15) is 0 Å². The number of rotatable bonds is 7. The van der Waals surface area contributed by atoms with E-state index in [2.05, 4.69) is 48.0 Å². The lowest BCUT2D eigenvalue weighted by Gasteiger charge is -2.24. The average Bonchev–Trinajstić information content (AvgIpc) is 2.37. The molecule has 0 radical (unpaired) electrons. The molecule has 1 heterocycles. The van der Waals surface area contributed by atoms with E-state index in [4.69, 9.17) is 0 Å². The fourth-order valence-electron chi connectivity index (χ4n) is 1.54. The Morgan fingerprint density at radius 1 is 1.35 bits per heavy atom. The van der Waals surface area contributed by atoms with Gasteiger partial charge in [0.05, 0.1) is 11.9 Å². The SMILES string of the molecule is CCCNCc1cncc(N(C)C(C)CC)n1. The highest BCUT2D eigenvalue weighted by molar-refractivity contribution is 5.36. The first-order valence-corrected chi connectivity index (χ1v) is 6.43. The van der Waals surface area contributed by atoms with Gasteiger partial charge in [0.25, 0.3) is 0 Å². The van der Waals surface area contributed by atoms with Crippen LogP contribution in [0.5, 0.6) is 0 Å². The molecular formula is C13H24N4. The van der Waals surface area contributed by atoms with E-state index in [0.29, 0.717) is 6.04 Å². The maximum Gasteiger partial charge on any atom is 0.147 e. The van der Waals surface area contributed by atoms with Crippen LogP contribution in [0.4, 0.5) is 5.82 Å². The lowest BCUT2D eigenvalue weighted by molar-refractivity contribution is 0.641. The Hall–Kier alpha value is -1.16. The summed E-state index contributed by atoms with van der Waals surface area (Å²) in [5.74, 6) is 0.954. The van der Waals surface area contributed by atoms with E-state index in [0.717, 1.165) is 37.4 Å². The van der Waals surface area contributed by atoms with Gasteiger partial charge >= 0.3 is 0 Å². The molecule has 0 aliphatic rings. The zero-order valence-corrected chi connectivity index (χ0v) is 11.4. The van der Waals surface area contributed by atoms with Gasteiger partial charge in [-0.15, -0.1) is 0 Å². The molecule has 0 aliphatic carbocycles. The number of aromatic nitrogens is 2. The average molecular weight is 236 g/mol. The molecule has 4 nitrogen and oxygen atoms in total. The van der Waals surface area contributed by atoms with Gasteiger partial charge in [0.15, 0.2) is 0 Å². The van der Waals surface area contributed by atoms with Crippen LogP contribution >= 0.6 is 0 Å². The van der Waals surface area contributed by atoms with Crippen molar-refractivity contribution in [2.45, 2.75) is 46.2 Å². The van der Waals surface area contributed by atoms with Crippen LogP contribution in [0.15, 0.2) is 12.4 Å². The Balaban J connectivity index is 2.64. The summed E-state index contributed by atoms with van der Waals surface area (Å²) in [5, 5.41) is 3.34. The smallest absolute Gasteiger partial charge is 0.147 e. The van der Waals surface area contributed by atoms with Crippen molar-refractivity contribution >= 4 is 5.82 Å². The van der Waals surface area contributed by atoms with E-state index < -0.39 is 0 Å². The zero-order chi connectivity index (χ0) is 12.7. The first kappa shape index (κ1) is 13.9. The maximum atomic E-state index is 4.61. The summed E-state index contributed by atoms with van der Waals surface area (Å²) >= 11 is 0. The molecule has 1 N–H and O–H groups in total. The van der Waals surface area contributed by atoms with Crippen molar-refractivity contribution in [3.8, 4) is 0 Å². The third kappa shape index (κ3) is 4.30. The van der Waals surface area contributed by atoms with Crippen LogP contribution < -0.4 is 10.2 Å². The first-order valence-electron chi connectivity index (χ1n) is 6.43. The third-order valence-electron chi connectivity index (χ3n) is 3.02. The van der Waals surface area contributed by atoms with Crippen molar-refractivity contribution in [2.75, 3.05) is 18.5 Å². The minimum atomic E-state index is 0.489. The highest BCUT2D eigenvalue weighted by Crippen LogP contribution is 2.12. The Kier molecular flexibility index (Phi) is 5.91. The van der Waals surface area contributed by atoms with Gasteiger partial charge in [-0.2, -0.15) is 0 Å². The second-order valence-corrected chi connectivity index (χ2v) is 4.41. The summed E-state index contributed by atoms with van der Waals surface area (Å²) in [7, 11) is 2.07. The molecule has 0 spiro atoms. The molecule has 1 aromatic rings. The fourth-order valence-corrected chi connectivity index (χ4v) is 1.54. The molecule has 4 heteroatoms. The van der Waals surface area contributed by atoms with Gasteiger partial charge < -0.3 is 10.2 Å². The van der Waals surface area contributed by atoms with Gasteiger partial charge in [-0.05, 0) is 26.3 Å². The number of nitrogens with zero attached hydrogens (tertiary/aromatic N) is 3. The number of nitrogens with one attached hydrogen (secondary N) is 1. The van der Waals surface area contributed by atoms with E-state index in [-0.39, 0.29) is 0 Å². The molecule has 0 bridgehead atoms.